The summed E-state index contributed by atoms with van der Waals surface area (Å²) in [5, 5.41) is 11.7. The minimum absolute atomic E-state index is 0.0195. The Bertz CT molecular complexity index is 536. The Kier molecular flexibility index (Phi) is 5.20. The molecular formula is C17H21NO2. The van der Waals surface area contributed by atoms with Crippen molar-refractivity contribution in [2.45, 2.75) is 32.6 Å². The molecule has 106 valence electrons. The molecule has 1 saturated carbocycles. The number of aliphatic hydroxyl groups excluding tert-OH is 1. The van der Waals surface area contributed by atoms with Crippen molar-refractivity contribution in [3.63, 3.8) is 0 Å². The Balaban J connectivity index is 2.01. The normalized spacial score (nSPS) is 13.5. The van der Waals surface area contributed by atoms with Gasteiger partial charge in [-0.25, -0.2) is 0 Å². The molecule has 0 saturated heterocycles. The van der Waals surface area contributed by atoms with Crippen LogP contribution in [0.5, 0.6) is 0 Å². The second-order valence-corrected chi connectivity index (χ2v) is 5.24. The van der Waals surface area contributed by atoms with E-state index in [4.69, 9.17) is 5.11 Å². The highest BCUT2D eigenvalue weighted by atomic mass is 16.2. The lowest BCUT2D eigenvalue weighted by molar-refractivity contribution is 0.0952. The lowest BCUT2D eigenvalue weighted by atomic mass is 10.0. The van der Waals surface area contributed by atoms with E-state index in [1.165, 1.54) is 12.8 Å². The van der Waals surface area contributed by atoms with E-state index in [0.717, 1.165) is 30.0 Å². The largest absolute Gasteiger partial charge is 0.395 e. The summed E-state index contributed by atoms with van der Waals surface area (Å²) >= 11 is 0. The number of nitrogens with one attached hydrogen (secondary N) is 1. The fourth-order valence-electron chi connectivity index (χ4n) is 2.12. The third-order valence-electron chi connectivity index (χ3n) is 3.57. The Morgan fingerprint density at radius 1 is 1.45 bits per heavy atom. The zero-order valence-electron chi connectivity index (χ0n) is 11.9. The summed E-state index contributed by atoms with van der Waals surface area (Å²) in [5.74, 6) is 6.70. The second-order valence-electron chi connectivity index (χ2n) is 5.24. The smallest absolute Gasteiger partial charge is 0.251 e. The predicted molar refractivity (Wildman–Crippen MR) is 79.4 cm³/mol. The molecule has 1 aromatic rings. The Hall–Kier alpha value is -1.79. The fraction of sp³-hybridized carbons (Fsp3) is 0.471. The standard InChI is InChI=1S/C17H21NO2/c1-13-15(5-2-3-12-19)6-4-7-16(13)17(20)18-11-10-14-8-9-14/h4,6-7,14,19H,3,8-12H2,1H3,(H,18,20). The summed E-state index contributed by atoms with van der Waals surface area (Å²) in [4.78, 5) is 12.2. The number of carbonyl (C=O) groups excluding carboxylic acids is 1. The van der Waals surface area contributed by atoms with Gasteiger partial charge in [-0.1, -0.05) is 30.7 Å². The van der Waals surface area contributed by atoms with Gasteiger partial charge < -0.3 is 10.4 Å². The zero-order valence-corrected chi connectivity index (χ0v) is 11.9. The van der Waals surface area contributed by atoms with Crippen molar-refractivity contribution in [1.29, 1.82) is 0 Å². The quantitative estimate of drug-likeness (QED) is 0.807. The molecule has 0 atom stereocenters. The summed E-state index contributed by atoms with van der Waals surface area (Å²) in [5.41, 5.74) is 2.45. The number of amides is 1. The third-order valence-corrected chi connectivity index (χ3v) is 3.57. The molecule has 3 heteroatoms. The minimum atomic E-state index is -0.0195. The molecule has 0 bridgehead atoms. The molecule has 0 aliphatic heterocycles. The summed E-state index contributed by atoms with van der Waals surface area (Å²) in [6.45, 7) is 2.73. The van der Waals surface area contributed by atoms with Gasteiger partial charge in [0, 0.05) is 24.1 Å². The van der Waals surface area contributed by atoms with Crippen molar-refractivity contribution in [1.82, 2.24) is 5.32 Å². The van der Waals surface area contributed by atoms with Crippen LogP contribution in [0.4, 0.5) is 0 Å². The van der Waals surface area contributed by atoms with E-state index < -0.39 is 0 Å². The number of aliphatic hydroxyl groups is 1. The van der Waals surface area contributed by atoms with Gasteiger partial charge in [0.15, 0.2) is 0 Å². The molecule has 0 heterocycles. The first kappa shape index (κ1) is 14.6. The molecule has 2 rings (SSSR count). The van der Waals surface area contributed by atoms with Crippen LogP contribution in [-0.2, 0) is 0 Å². The maximum absolute atomic E-state index is 12.2. The number of rotatable bonds is 5. The number of benzene rings is 1. The van der Waals surface area contributed by atoms with Crippen LogP contribution in [0.1, 0.15) is 47.2 Å². The average molecular weight is 271 g/mol. The molecule has 3 nitrogen and oxygen atoms in total. The van der Waals surface area contributed by atoms with Crippen molar-refractivity contribution in [2.24, 2.45) is 5.92 Å². The van der Waals surface area contributed by atoms with E-state index in [0.29, 0.717) is 12.0 Å². The molecule has 1 fully saturated rings. The van der Waals surface area contributed by atoms with Crippen LogP contribution in [0.25, 0.3) is 0 Å². The Labute approximate surface area is 120 Å². The minimum Gasteiger partial charge on any atom is -0.395 e. The van der Waals surface area contributed by atoms with Crippen LogP contribution in [0.15, 0.2) is 18.2 Å². The Morgan fingerprint density at radius 3 is 2.95 bits per heavy atom. The van der Waals surface area contributed by atoms with Crippen LogP contribution < -0.4 is 5.32 Å². The first-order valence-corrected chi connectivity index (χ1v) is 7.20. The van der Waals surface area contributed by atoms with Gasteiger partial charge in [-0.15, -0.1) is 0 Å². The highest BCUT2D eigenvalue weighted by Gasteiger charge is 2.20. The van der Waals surface area contributed by atoms with E-state index >= 15 is 0 Å². The van der Waals surface area contributed by atoms with Crippen molar-refractivity contribution in [2.75, 3.05) is 13.2 Å². The second kappa shape index (κ2) is 7.12. The van der Waals surface area contributed by atoms with Gasteiger partial charge in [0.2, 0.25) is 0 Å². The van der Waals surface area contributed by atoms with Crippen LogP contribution >= 0.6 is 0 Å². The summed E-state index contributed by atoms with van der Waals surface area (Å²) < 4.78 is 0. The lowest BCUT2D eigenvalue weighted by Gasteiger charge is -2.08. The van der Waals surface area contributed by atoms with Gasteiger partial charge in [0.1, 0.15) is 0 Å². The number of hydrogen-bond donors (Lipinski definition) is 2. The first-order valence-electron chi connectivity index (χ1n) is 7.20. The zero-order chi connectivity index (χ0) is 14.4. The van der Waals surface area contributed by atoms with Crippen molar-refractivity contribution < 1.29 is 9.90 Å². The highest BCUT2D eigenvalue weighted by Crippen LogP contribution is 2.31. The van der Waals surface area contributed by atoms with E-state index in [2.05, 4.69) is 17.2 Å². The van der Waals surface area contributed by atoms with Gasteiger partial charge in [0.05, 0.1) is 6.61 Å². The van der Waals surface area contributed by atoms with Gasteiger partial charge in [0.25, 0.3) is 5.91 Å². The molecular weight excluding hydrogens is 250 g/mol. The van der Waals surface area contributed by atoms with Gasteiger partial charge in [-0.2, -0.15) is 0 Å². The van der Waals surface area contributed by atoms with E-state index in [-0.39, 0.29) is 12.5 Å². The maximum atomic E-state index is 12.2. The topological polar surface area (TPSA) is 49.3 Å². The van der Waals surface area contributed by atoms with Gasteiger partial charge >= 0.3 is 0 Å². The summed E-state index contributed by atoms with van der Waals surface area (Å²) in [7, 11) is 0. The summed E-state index contributed by atoms with van der Waals surface area (Å²) in [6, 6.07) is 5.59. The van der Waals surface area contributed by atoms with Crippen molar-refractivity contribution in [3.05, 3.63) is 34.9 Å². The molecule has 0 aromatic heterocycles. The average Bonchev–Trinajstić information content (AvgIpc) is 3.25. The Morgan fingerprint density at radius 2 is 2.25 bits per heavy atom. The molecule has 1 amide bonds. The molecule has 20 heavy (non-hydrogen) atoms. The maximum Gasteiger partial charge on any atom is 0.251 e. The van der Waals surface area contributed by atoms with Crippen LogP contribution in [0.3, 0.4) is 0 Å². The molecule has 1 aromatic carbocycles. The SMILES string of the molecule is Cc1c(C#CCCO)cccc1C(=O)NCCC1CC1. The lowest BCUT2D eigenvalue weighted by Crippen LogP contribution is -2.25. The number of hydrogen-bond acceptors (Lipinski definition) is 2. The van der Waals surface area contributed by atoms with Crippen LogP contribution in [-0.4, -0.2) is 24.2 Å². The third kappa shape index (κ3) is 4.11. The number of carbonyl (C=O) groups is 1. The van der Waals surface area contributed by atoms with E-state index in [1.54, 1.807) is 0 Å². The fourth-order valence-corrected chi connectivity index (χ4v) is 2.12. The molecule has 0 spiro atoms. The molecule has 1 aliphatic rings. The van der Waals surface area contributed by atoms with Gasteiger partial charge in [-0.3, -0.25) is 4.79 Å². The molecule has 2 N–H and O–H groups in total. The van der Waals surface area contributed by atoms with E-state index in [9.17, 15) is 4.79 Å². The molecule has 1 aliphatic carbocycles. The van der Waals surface area contributed by atoms with Crippen LogP contribution in [0.2, 0.25) is 0 Å². The summed E-state index contributed by atoms with van der Waals surface area (Å²) in [6.07, 6.45) is 4.16. The van der Waals surface area contributed by atoms with Crippen molar-refractivity contribution >= 4 is 5.91 Å². The predicted octanol–water partition coefficient (Wildman–Crippen LogP) is 2.26. The van der Waals surface area contributed by atoms with Crippen LogP contribution in [0, 0.1) is 24.7 Å². The van der Waals surface area contributed by atoms with E-state index in [1.807, 2.05) is 25.1 Å². The molecule has 0 unspecified atom stereocenters. The van der Waals surface area contributed by atoms with Gasteiger partial charge in [-0.05, 0) is 37.0 Å². The highest BCUT2D eigenvalue weighted by molar-refractivity contribution is 5.96. The monoisotopic (exact) mass is 271 g/mol. The van der Waals surface area contributed by atoms with Crippen molar-refractivity contribution in [3.8, 4) is 11.8 Å². The molecule has 0 radical (unpaired) electrons. The first-order chi connectivity index (χ1) is 9.72.